The first-order valence-electron chi connectivity index (χ1n) is 7.13. The van der Waals surface area contributed by atoms with Crippen molar-refractivity contribution >= 4 is 0 Å². The molecule has 0 saturated heterocycles. The van der Waals surface area contributed by atoms with Gasteiger partial charge in [0.05, 0.1) is 11.2 Å². The molecule has 3 aliphatic carbocycles. The Morgan fingerprint density at radius 1 is 0.765 bits per heavy atom. The molecule has 3 aliphatic rings. The van der Waals surface area contributed by atoms with Crippen LogP contribution in [-0.2, 0) is 0 Å². The van der Waals surface area contributed by atoms with E-state index >= 15 is 0 Å². The average molecular weight is 238 g/mol. The number of aliphatic hydroxyl groups is 2. The molecule has 0 bridgehead atoms. The van der Waals surface area contributed by atoms with Crippen LogP contribution in [0.5, 0.6) is 0 Å². The molecule has 2 nitrogen and oxygen atoms in total. The molecule has 2 N–H and O–H groups in total. The third-order valence-corrected chi connectivity index (χ3v) is 6.40. The molecule has 0 amide bonds. The van der Waals surface area contributed by atoms with E-state index in [1.807, 2.05) is 13.8 Å². The lowest BCUT2D eigenvalue weighted by molar-refractivity contribution is -0.0663. The molecule has 0 aromatic heterocycles. The van der Waals surface area contributed by atoms with E-state index in [4.69, 9.17) is 0 Å². The molecule has 6 unspecified atom stereocenters. The average Bonchev–Trinajstić information content (AvgIpc) is 2.59. The van der Waals surface area contributed by atoms with Crippen molar-refractivity contribution in [3.8, 4) is 0 Å². The van der Waals surface area contributed by atoms with Crippen LogP contribution in [0.2, 0.25) is 0 Å². The highest BCUT2D eigenvalue weighted by molar-refractivity contribution is 5.18. The monoisotopic (exact) mass is 238 g/mol. The second-order valence-electron chi connectivity index (χ2n) is 7.88. The first kappa shape index (κ1) is 12.0. The predicted octanol–water partition coefficient (Wildman–Crippen LogP) is 2.58. The van der Waals surface area contributed by atoms with Gasteiger partial charge in [-0.25, -0.2) is 0 Å². The van der Waals surface area contributed by atoms with Gasteiger partial charge in [-0.1, -0.05) is 13.8 Å². The van der Waals surface area contributed by atoms with Crippen LogP contribution in [0.4, 0.5) is 0 Å². The van der Waals surface area contributed by atoms with Crippen molar-refractivity contribution in [3.05, 3.63) is 0 Å². The Hall–Kier alpha value is -0.0800. The first-order chi connectivity index (χ1) is 7.68. The van der Waals surface area contributed by atoms with Crippen molar-refractivity contribution in [2.24, 2.45) is 29.1 Å². The van der Waals surface area contributed by atoms with Gasteiger partial charge in [0.2, 0.25) is 0 Å². The Balaban J connectivity index is 1.99. The lowest BCUT2D eigenvalue weighted by Crippen LogP contribution is -2.43. The highest BCUT2D eigenvalue weighted by atomic mass is 16.3. The standard InChI is InChI=1S/C15H26O2/c1-13(2)9-5-7-14(3,16)10-6-8-15(4,17)12(10)11(9)13/h9-12,16-17H,5-8H2,1-4H3. The molecule has 0 aromatic rings. The molecule has 17 heavy (non-hydrogen) atoms. The van der Waals surface area contributed by atoms with E-state index in [1.54, 1.807) is 0 Å². The minimum absolute atomic E-state index is 0.300. The topological polar surface area (TPSA) is 40.5 Å². The van der Waals surface area contributed by atoms with Crippen LogP contribution in [-0.4, -0.2) is 21.4 Å². The van der Waals surface area contributed by atoms with E-state index in [0.717, 1.165) is 25.7 Å². The van der Waals surface area contributed by atoms with Crippen LogP contribution >= 0.6 is 0 Å². The summed E-state index contributed by atoms with van der Waals surface area (Å²) in [5.74, 6) is 1.95. The van der Waals surface area contributed by atoms with Crippen molar-refractivity contribution in [3.63, 3.8) is 0 Å². The lowest BCUT2D eigenvalue weighted by atomic mass is 9.73. The van der Waals surface area contributed by atoms with Crippen molar-refractivity contribution in [1.29, 1.82) is 0 Å². The summed E-state index contributed by atoms with van der Waals surface area (Å²) >= 11 is 0. The Labute approximate surface area is 104 Å². The normalized spacial score (nSPS) is 60.4. The van der Waals surface area contributed by atoms with Gasteiger partial charge in [-0.15, -0.1) is 0 Å². The molecule has 2 heteroatoms. The van der Waals surface area contributed by atoms with E-state index in [2.05, 4.69) is 13.8 Å². The highest BCUT2D eigenvalue weighted by Gasteiger charge is 2.69. The molecule has 6 atom stereocenters. The van der Waals surface area contributed by atoms with Crippen molar-refractivity contribution in [2.45, 2.75) is 64.6 Å². The van der Waals surface area contributed by atoms with E-state index in [1.165, 1.54) is 0 Å². The number of fused-ring (bicyclic) bond motifs is 3. The van der Waals surface area contributed by atoms with Gasteiger partial charge >= 0.3 is 0 Å². The van der Waals surface area contributed by atoms with Gasteiger partial charge in [0.1, 0.15) is 0 Å². The molecule has 0 heterocycles. The third kappa shape index (κ3) is 1.46. The summed E-state index contributed by atoms with van der Waals surface area (Å²) < 4.78 is 0. The number of hydrogen-bond acceptors (Lipinski definition) is 2. The largest absolute Gasteiger partial charge is 0.390 e. The highest BCUT2D eigenvalue weighted by Crippen LogP contribution is 2.71. The Morgan fingerprint density at radius 2 is 1.29 bits per heavy atom. The predicted molar refractivity (Wildman–Crippen MR) is 67.5 cm³/mol. The van der Waals surface area contributed by atoms with Crippen molar-refractivity contribution < 1.29 is 10.2 Å². The van der Waals surface area contributed by atoms with E-state index in [0.29, 0.717) is 29.1 Å². The summed E-state index contributed by atoms with van der Waals surface area (Å²) in [5, 5.41) is 21.3. The van der Waals surface area contributed by atoms with Crippen LogP contribution in [0.3, 0.4) is 0 Å². The molecule has 0 aliphatic heterocycles. The Kier molecular flexibility index (Phi) is 2.17. The van der Waals surface area contributed by atoms with E-state index in [9.17, 15) is 10.2 Å². The van der Waals surface area contributed by atoms with Gasteiger partial charge in [0.25, 0.3) is 0 Å². The molecule has 98 valence electrons. The van der Waals surface area contributed by atoms with Crippen LogP contribution in [0, 0.1) is 29.1 Å². The minimum Gasteiger partial charge on any atom is -0.390 e. The second-order valence-corrected chi connectivity index (χ2v) is 7.88. The van der Waals surface area contributed by atoms with Gasteiger partial charge in [-0.05, 0) is 68.6 Å². The van der Waals surface area contributed by atoms with Gasteiger partial charge < -0.3 is 10.2 Å². The number of hydrogen-bond donors (Lipinski definition) is 2. The van der Waals surface area contributed by atoms with Crippen LogP contribution in [0.1, 0.15) is 53.4 Å². The SMILES string of the molecule is CC1(O)CCC2C(C3C1CCC3(C)O)C2(C)C. The summed E-state index contributed by atoms with van der Waals surface area (Å²) in [5.41, 5.74) is -0.738. The maximum absolute atomic E-state index is 10.7. The quantitative estimate of drug-likeness (QED) is 0.681. The maximum atomic E-state index is 10.7. The van der Waals surface area contributed by atoms with Crippen LogP contribution < -0.4 is 0 Å². The summed E-state index contributed by atoms with van der Waals surface area (Å²) in [7, 11) is 0. The zero-order chi connectivity index (χ0) is 12.6. The van der Waals surface area contributed by atoms with E-state index in [-0.39, 0.29) is 0 Å². The molecule has 0 aromatic carbocycles. The van der Waals surface area contributed by atoms with E-state index < -0.39 is 11.2 Å². The molecule has 3 saturated carbocycles. The Morgan fingerprint density at radius 3 is 1.94 bits per heavy atom. The van der Waals surface area contributed by atoms with Gasteiger partial charge in [-0.3, -0.25) is 0 Å². The molecule has 3 rings (SSSR count). The smallest absolute Gasteiger partial charge is 0.0654 e. The van der Waals surface area contributed by atoms with Gasteiger partial charge in [0, 0.05) is 0 Å². The van der Waals surface area contributed by atoms with Crippen LogP contribution in [0.25, 0.3) is 0 Å². The van der Waals surface area contributed by atoms with Crippen molar-refractivity contribution in [2.75, 3.05) is 0 Å². The third-order valence-electron chi connectivity index (χ3n) is 6.40. The molecular formula is C15H26O2. The Bertz CT molecular complexity index is 343. The fourth-order valence-corrected chi connectivity index (χ4v) is 5.25. The summed E-state index contributed by atoms with van der Waals surface area (Å²) in [6.45, 7) is 8.66. The lowest BCUT2D eigenvalue weighted by Gasteiger charge is -2.37. The van der Waals surface area contributed by atoms with Crippen molar-refractivity contribution in [1.82, 2.24) is 0 Å². The fraction of sp³-hybridized carbons (Fsp3) is 1.00. The maximum Gasteiger partial charge on any atom is 0.0654 e. The molecular weight excluding hydrogens is 212 g/mol. The molecule has 0 radical (unpaired) electrons. The fourth-order valence-electron chi connectivity index (χ4n) is 5.25. The first-order valence-corrected chi connectivity index (χ1v) is 7.13. The van der Waals surface area contributed by atoms with Gasteiger partial charge in [0.15, 0.2) is 0 Å². The van der Waals surface area contributed by atoms with Crippen LogP contribution in [0.15, 0.2) is 0 Å². The van der Waals surface area contributed by atoms with Gasteiger partial charge in [-0.2, -0.15) is 0 Å². The minimum atomic E-state index is -0.561. The molecule has 3 fully saturated rings. The zero-order valence-corrected chi connectivity index (χ0v) is 11.5. The summed E-state index contributed by atoms with van der Waals surface area (Å²) in [4.78, 5) is 0. The zero-order valence-electron chi connectivity index (χ0n) is 11.5. The summed E-state index contributed by atoms with van der Waals surface area (Å²) in [6.07, 6.45) is 3.89. The summed E-state index contributed by atoms with van der Waals surface area (Å²) in [6, 6.07) is 0. The molecule has 0 spiro atoms. The number of rotatable bonds is 0. The second kappa shape index (κ2) is 3.08.